The first kappa shape index (κ1) is 20.7. The van der Waals surface area contributed by atoms with Crippen LogP contribution in [0.3, 0.4) is 0 Å². The van der Waals surface area contributed by atoms with Gasteiger partial charge in [-0.1, -0.05) is 12.1 Å². The zero-order valence-corrected chi connectivity index (χ0v) is 16.9. The van der Waals surface area contributed by atoms with Crippen molar-refractivity contribution in [1.29, 1.82) is 0 Å². The van der Waals surface area contributed by atoms with Crippen molar-refractivity contribution in [2.45, 2.75) is 4.90 Å². The van der Waals surface area contributed by atoms with Gasteiger partial charge in [0.1, 0.15) is 11.6 Å². The van der Waals surface area contributed by atoms with Gasteiger partial charge in [0.05, 0.1) is 17.7 Å². The number of carbonyl (C=O) groups excluding carboxylic acids is 1. The summed E-state index contributed by atoms with van der Waals surface area (Å²) in [6.07, 6.45) is 2.95. The van der Waals surface area contributed by atoms with Gasteiger partial charge in [0.2, 0.25) is 15.9 Å². The molecule has 29 heavy (non-hydrogen) atoms. The first-order valence-electron chi connectivity index (χ1n) is 8.32. The number of amides is 1. The summed E-state index contributed by atoms with van der Waals surface area (Å²) in [5, 5.41) is 7.71. The fourth-order valence-corrected chi connectivity index (χ4v) is 3.96. The number of carbonyl (C=O) groups is 1. The first-order chi connectivity index (χ1) is 13.8. The Labute approximate surface area is 171 Å². The lowest BCUT2D eigenvalue weighted by Gasteiger charge is -2.10. The van der Waals surface area contributed by atoms with Crippen LogP contribution in [0.25, 0.3) is 16.5 Å². The Kier molecular flexibility index (Phi) is 6.12. The van der Waals surface area contributed by atoms with Gasteiger partial charge in [0, 0.05) is 15.8 Å². The van der Waals surface area contributed by atoms with Gasteiger partial charge >= 0.3 is 0 Å². The molecule has 1 heterocycles. The monoisotopic (exact) mass is 432 g/mol. The SMILES string of the molecule is COc1ccc(S(N)(=O)=O)cc1NC(=O)/C=C/c1ccc(-c2ccc(F)cc2)s1. The summed E-state index contributed by atoms with van der Waals surface area (Å²) in [4.78, 5) is 13.9. The Hall–Kier alpha value is -3.01. The van der Waals surface area contributed by atoms with Gasteiger partial charge in [0.25, 0.3) is 0 Å². The summed E-state index contributed by atoms with van der Waals surface area (Å²) < 4.78 is 41.2. The van der Waals surface area contributed by atoms with Crippen LogP contribution in [0.4, 0.5) is 10.1 Å². The van der Waals surface area contributed by atoms with E-state index in [1.807, 2.05) is 12.1 Å². The maximum Gasteiger partial charge on any atom is 0.248 e. The number of methoxy groups -OCH3 is 1. The number of sulfonamides is 1. The fourth-order valence-electron chi connectivity index (χ4n) is 2.51. The minimum Gasteiger partial charge on any atom is -0.495 e. The molecule has 0 saturated carbocycles. The van der Waals surface area contributed by atoms with Crippen LogP contribution in [0.2, 0.25) is 0 Å². The van der Waals surface area contributed by atoms with Gasteiger partial charge in [-0.2, -0.15) is 0 Å². The Balaban J connectivity index is 1.74. The van der Waals surface area contributed by atoms with E-state index in [-0.39, 0.29) is 16.4 Å². The molecule has 0 atom stereocenters. The number of halogens is 1. The van der Waals surface area contributed by atoms with Crippen molar-refractivity contribution in [1.82, 2.24) is 0 Å². The fraction of sp³-hybridized carbons (Fsp3) is 0.0500. The van der Waals surface area contributed by atoms with Crippen LogP contribution in [-0.4, -0.2) is 21.4 Å². The highest BCUT2D eigenvalue weighted by molar-refractivity contribution is 7.89. The van der Waals surface area contributed by atoms with Gasteiger partial charge in [-0.15, -0.1) is 11.3 Å². The predicted molar refractivity (Wildman–Crippen MR) is 112 cm³/mol. The maximum atomic E-state index is 13.0. The molecule has 0 spiro atoms. The molecule has 0 fully saturated rings. The summed E-state index contributed by atoms with van der Waals surface area (Å²) in [5.41, 5.74) is 1.07. The van der Waals surface area contributed by atoms with Crippen molar-refractivity contribution in [3.8, 4) is 16.2 Å². The highest BCUT2D eigenvalue weighted by atomic mass is 32.2. The Bertz CT molecular complexity index is 1170. The van der Waals surface area contributed by atoms with E-state index in [2.05, 4.69) is 5.32 Å². The molecule has 6 nitrogen and oxygen atoms in total. The molecule has 3 aromatic rings. The average molecular weight is 432 g/mol. The molecule has 0 aliphatic carbocycles. The number of thiophene rings is 1. The van der Waals surface area contributed by atoms with Gasteiger partial charge in [-0.05, 0) is 54.1 Å². The van der Waals surface area contributed by atoms with Crippen LogP contribution < -0.4 is 15.2 Å². The highest BCUT2D eigenvalue weighted by Crippen LogP contribution is 2.29. The number of rotatable bonds is 6. The second-order valence-electron chi connectivity index (χ2n) is 5.94. The van der Waals surface area contributed by atoms with E-state index in [1.165, 1.54) is 54.9 Å². The van der Waals surface area contributed by atoms with Crippen LogP contribution in [0.1, 0.15) is 4.88 Å². The van der Waals surface area contributed by atoms with Gasteiger partial charge < -0.3 is 10.1 Å². The van der Waals surface area contributed by atoms with E-state index < -0.39 is 15.9 Å². The molecule has 3 N–H and O–H groups in total. The number of ether oxygens (including phenoxy) is 1. The molecule has 0 radical (unpaired) electrons. The number of hydrogen-bond acceptors (Lipinski definition) is 5. The third-order valence-corrected chi connectivity index (χ3v) is 5.92. The van der Waals surface area contributed by atoms with E-state index in [0.29, 0.717) is 5.75 Å². The number of nitrogens with two attached hydrogens (primary N) is 1. The highest BCUT2D eigenvalue weighted by Gasteiger charge is 2.13. The lowest BCUT2D eigenvalue weighted by molar-refractivity contribution is -0.111. The molecule has 0 unspecified atom stereocenters. The van der Waals surface area contributed by atoms with Crippen molar-refractivity contribution in [3.63, 3.8) is 0 Å². The van der Waals surface area contributed by atoms with E-state index in [4.69, 9.17) is 9.88 Å². The van der Waals surface area contributed by atoms with Crippen molar-refractivity contribution in [3.05, 3.63) is 71.4 Å². The molecular formula is C20H17FN2O4S2. The van der Waals surface area contributed by atoms with Crippen LogP contribution in [0.15, 0.2) is 65.6 Å². The largest absolute Gasteiger partial charge is 0.495 e. The summed E-state index contributed by atoms with van der Waals surface area (Å²) >= 11 is 1.44. The Morgan fingerprint density at radius 1 is 1.14 bits per heavy atom. The van der Waals surface area contributed by atoms with Crippen molar-refractivity contribution in [2.24, 2.45) is 5.14 Å². The standard InChI is InChI=1S/C20H17FN2O4S2/c1-27-18-9-8-16(29(22,25)26)12-17(18)23-20(24)11-7-15-6-10-19(28-15)13-2-4-14(21)5-3-13/h2-12H,1H3,(H,23,24)(H2,22,25,26)/b11-7+. The van der Waals surface area contributed by atoms with E-state index in [0.717, 1.165) is 15.3 Å². The van der Waals surface area contributed by atoms with Gasteiger partial charge in [-0.25, -0.2) is 17.9 Å². The van der Waals surface area contributed by atoms with E-state index >= 15 is 0 Å². The third-order valence-electron chi connectivity index (χ3n) is 3.91. The smallest absolute Gasteiger partial charge is 0.248 e. The van der Waals surface area contributed by atoms with Crippen molar-refractivity contribution in [2.75, 3.05) is 12.4 Å². The lowest BCUT2D eigenvalue weighted by Crippen LogP contribution is -2.14. The van der Waals surface area contributed by atoms with Crippen molar-refractivity contribution >= 4 is 39.0 Å². The summed E-state index contributed by atoms with van der Waals surface area (Å²) in [7, 11) is -2.51. The number of nitrogens with one attached hydrogen (secondary N) is 1. The number of benzene rings is 2. The molecule has 0 aliphatic heterocycles. The first-order valence-corrected chi connectivity index (χ1v) is 10.7. The molecule has 9 heteroatoms. The molecule has 2 aromatic carbocycles. The minimum absolute atomic E-state index is 0.139. The van der Waals surface area contributed by atoms with E-state index in [1.54, 1.807) is 18.2 Å². The second kappa shape index (κ2) is 8.56. The van der Waals surface area contributed by atoms with Crippen molar-refractivity contribution < 1.29 is 22.3 Å². The third kappa shape index (κ3) is 5.29. The Morgan fingerprint density at radius 3 is 2.52 bits per heavy atom. The zero-order valence-electron chi connectivity index (χ0n) is 15.3. The Morgan fingerprint density at radius 2 is 1.86 bits per heavy atom. The summed E-state index contributed by atoms with van der Waals surface area (Å²) in [6, 6.07) is 13.8. The molecule has 150 valence electrons. The number of primary sulfonamides is 1. The van der Waals surface area contributed by atoms with Crippen LogP contribution in [0, 0.1) is 5.82 Å². The summed E-state index contributed by atoms with van der Waals surface area (Å²) in [6.45, 7) is 0. The molecule has 3 rings (SSSR count). The maximum absolute atomic E-state index is 13.0. The normalized spacial score (nSPS) is 11.6. The zero-order chi connectivity index (χ0) is 21.0. The molecule has 1 amide bonds. The second-order valence-corrected chi connectivity index (χ2v) is 8.62. The van der Waals surface area contributed by atoms with Gasteiger partial charge in [0.15, 0.2) is 0 Å². The molecule has 0 saturated heterocycles. The topological polar surface area (TPSA) is 98.5 Å². The molecule has 0 aliphatic rings. The van der Waals surface area contributed by atoms with E-state index in [9.17, 15) is 17.6 Å². The average Bonchev–Trinajstić information content (AvgIpc) is 3.15. The van der Waals surface area contributed by atoms with Gasteiger partial charge in [-0.3, -0.25) is 4.79 Å². The molecule has 0 bridgehead atoms. The number of hydrogen-bond donors (Lipinski definition) is 2. The molecular weight excluding hydrogens is 415 g/mol. The predicted octanol–water partition coefficient (Wildman–Crippen LogP) is 3.86. The lowest BCUT2D eigenvalue weighted by atomic mass is 10.2. The van der Waals surface area contributed by atoms with Crippen LogP contribution in [0.5, 0.6) is 5.75 Å². The summed E-state index contributed by atoms with van der Waals surface area (Å²) in [5.74, 6) is -0.468. The van der Waals surface area contributed by atoms with Crippen LogP contribution in [-0.2, 0) is 14.8 Å². The number of anilines is 1. The minimum atomic E-state index is -3.91. The quantitative estimate of drug-likeness (QED) is 0.578. The van der Waals surface area contributed by atoms with Crippen LogP contribution >= 0.6 is 11.3 Å². The molecule has 1 aromatic heterocycles.